The maximum atomic E-state index is 11.9. The molecule has 0 spiro atoms. The van der Waals surface area contributed by atoms with E-state index in [2.05, 4.69) is 12.2 Å². The number of esters is 1. The molecule has 2 atom stereocenters. The van der Waals surface area contributed by atoms with E-state index in [1.54, 1.807) is 12.1 Å². The lowest BCUT2D eigenvalue weighted by molar-refractivity contribution is -0.149. The monoisotopic (exact) mass is 363 g/mol. The highest BCUT2D eigenvalue weighted by Gasteiger charge is 2.23. The summed E-state index contributed by atoms with van der Waals surface area (Å²) >= 11 is 0. The maximum Gasteiger partial charge on any atom is 0.309 e. The van der Waals surface area contributed by atoms with E-state index < -0.39 is 5.97 Å². The second kappa shape index (κ2) is 10.7. The van der Waals surface area contributed by atoms with Gasteiger partial charge in [-0.05, 0) is 49.9 Å². The van der Waals surface area contributed by atoms with Crippen LogP contribution in [-0.4, -0.2) is 37.7 Å². The summed E-state index contributed by atoms with van der Waals surface area (Å²) in [6.45, 7) is 4.65. The van der Waals surface area contributed by atoms with Crippen LogP contribution in [0.1, 0.15) is 46.0 Å². The minimum absolute atomic E-state index is 0.0975. The van der Waals surface area contributed by atoms with Crippen LogP contribution in [0.5, 0.6) is 11.5 Å². The third-order valence-electron chi connectivity index (χ3n) is 4.53. The fourth-order valence-electron chi connectivity index (χ4n) is 3.05. The molecule has 0 aromatic heterocycles. The molecule has 0 saturated heterocycles. The zero-order valence-electron chi connectivity index (χ0n) is 15.7. The molecule has 26 heavy (non-hydrogen) atoms. The Balaban J connectivity index is 1.60. The Morgan fingerprint density at radius 1 is 1.08 bits per heavy atom. The minimum Gasteiger partial charge on any atom is -0.494 e. The van der Waals surface area contributed by atoms with Crippen LogP contribution in [0, 0.1) is 5.92 Å². The molecule has 144 valence electrons. The van der Waals surface area contributed by atoms with Crippen LogP contribution in [0.2, 0.25) is 0 Å². The predicted molar refractivity (Wildman–Crippen MR) is 98.2 cm³/mol. The van der Waals surface area contributed by atoms with E-state index in [9.17, 15) is 9.59 Å². The SMILES string of the molecule is CCOc1ccc(OCCC(=O)OCC(=O)N[C@H]2CCCC[C@H]2C)cc1. The van der Waals surface area contributed by atoms with Crippen LogP contribution in [0.3, 0.4) is 0 Å². The molecule has 0 radical (unpaired) electrons. The Morgan fingerprint density at radius 3 is 2.38 bits per heavy atom. The molecule has 1 fully saturated rings. The van der Waals surface area contributed by atoms with Crippen molar-refractivity contribution in [2.45, 2.75) is 52.0 Å². The molecule has 2 rings (SSSR count). The number of amides is 1. The highest BCUT2D eigenvalue weighted by atomic mass is 16.5. The van der Waals surface area contributed by atoms with Gasteiger partial charge in [0.25, 0.3) is 5.91 Å². The van der Waals surface area contributed by atoms with Crippen LogP contribution in [0.15, 0.2) is 24.3 Å². The van der Waals surface area contributed by atoms with Crippen LogP contribution in [0.4, 0.5) is 0 Å². The summed E-state index contributed by atoms with van der Waals surface area (Å²) in [7, 11) is 0. The average Bonchev–Trinajstić information content (AvgIpc) is 2.64. The molecule has 0 unspecified atom stereocenters. The third kappa shape index (κ3) is 6.94. The Kier molecular flexibility index (Phi) is 8.25. The van der Waals surface area contributed by atoms with Gasteiger partial charge in [-0.1, -0.05) is 19.8 Å². The van der Waals surface area contributed by atoms with Crippen molar-refractivity contribution in [2.75, 3.05) is 19.8 Å². The Hall–Kier alpha value is -2.24. The third-order valence-corrected chi connectivity index (χ3v) is 4.53. The van der Waals surface area contributed by atoms with Crippen molar-refractivity contribution >= 4 is 11.9 Å². The Morgan fingerprint density at radius 2 is 1.73 bits per heavy atom. The maximum absolute atomic E-state index is 11.9. The van der Waals surface area contributed by atoms with Gasteiger partial charge in [-0.25, -0.2) is 0 Å². The molecule has 0 aliphatic heterocycles. The van der Waals surface area contributed by atoms with Gasteiger partial charge in [-0.3, -0.25) is 9.59 Å². The predicted octanol–water partition coefficient (Wildman–Crippen LogP) is 3.09. The zero-order valence-corrected chi connectivity index (χ0v) is 15.7. The average molecular weight is 363 g/mol. The van der Waals surface area contributed by atoms with Crippen molar-refractivity contribution in [3.05, 3.63) is 24.3 Å². The highest BCUT2D eigenvalue weighted by molar-refractivity contribution is 5.80. The summed E-state index contributed by atoms with van der Waals surface area (Å²) in [4.78, 5) is 23.6. The number of ether oxygens (including phenoxy) is 3. The van der Waals surface area contributed by atoms with Crippen molar-refractivity contribution in [1.82, 2.24) is 5.32 Å². The summed E-state index contributed by atoms with van der Waals surface area (Å²) in [5.74, 6) is 1.24. The van der Waals surface area contributed by atoms with Gasteiger partial charge in [0.05, 0.1) is 19.6 Å². The summed E-state index contributed by atoms with van der Waals surface area (Å²) in [5.41, 5.74) is 0. The first kappa shape index (κ1) is 20.1. The molecule has 0 heterocycles. The number of carbonyl (C=O) groups excluding carboxylic acids is 2. The van der Waals surface area contributed by atoms with Gasteiger partial charge < -0.3 is 19.5 Å². The van der Waals surface area contributed by atoms with Gasteiger partial charge in [0.1, 0.15) is 11.5 Å². The van der Waals surface area contributed by atoms with E-state index in [0.717, 1.165) is 25.0 Å². The van der Waals surface area contributed by atoms with Crippen LogP contribution in [-0.2, 0) is 14.3 Å². The smallest absolute Gasteiger partial charge is 0.309 e. The van der Waals surface area contributed by atoms with Crippen molar-refractivity contribution in [1.29, 1.82) is 0 Å². The topological polar surface area (TPSA) is 73.9 Å². The number of hydrogen-bond acceptors (Lipinski definition) is 5. The van der Waals surface area contributed by atoms with Crippen LogP contribution in [0.25, 0.3) is 0 Å². The molecule has 6 heteroatoms. The number of nitrogens with one attached hydrogen (secondary N) is 1. The molecule has 1 N–H and O–H groups in total. The van der Waals surface area contributed by atoms with Crippen molar-refractivity contribution < 1.29 is 23.8 Å². The summed E-state index contributed by atoms with van der Waals surface area (Å²) < 4.78 is 15.9. The number of hydrogen-bond donors (Lipinski definition) is 1. The van der Waals surface area contributed by atoms with Gasteiger partial charge in [0.2, 0.25) is 0 Å². The van der Waals surface area contributed by atoms with Crippen LogP contribution < -0.4 is 14.8 Å². The zero-order chi connectivity index (χ0) is 18.8. The fourth-order valence-corrected chi connectivity index (χ4v) is 3.05. The van der Waals surface area contributed by atoms with Gasteiger partial charge in [0, 0.05) is 6.04 Å². The second-order valence-electron chi connectivity index (χ2n) is 6.60. The molecule has 1 saturated carbocycles. The van der Waals surface area contributed by atoms with Gasteiger partial charge in [0.15, 0.2) is 6.61 Å². The molecular weight excluding hydrogens is 334 g/mol. The van der Waals surface area contributed by atoms with Crippen molar-refractivity contribution in [3.63, 3.8) is 0 Å². The summed E-state index contributed by atoms with van der Waals surface area (Å²) in [6, 6.07) is 7.39. The molecule has 6 nitrogen and oxygen atoms in total. The van der Waals surface area contributed by atoms with Gasteiger partial charge in [-0.2, -0.15) is 0 Å². The molecule has 1 aromatic rings. The first-order valence-electron chi connectivity index (χ1n) is 9.39. The number of carbonyl (C=O) groups is 2. The summed E-state index contributed by atoms with van der Waals surface area (Å²) in [5, 5.41) is 2.96. The lowest BCUT2D eigenvalue weighted by Gasteiger charge is -2.29. The largest absolute Gasteiger partial charge is 0.494 e. The number of benzene rings is 1. The normalized spacial score (nSPS) is 19.5. The molecule has 1 aliphatic carbocycles. The van der Waals surface area contributed by atoms with E-state index in [-0.39, 0.29) is 31.6 Å². The fraction of sp³-hybridized carbons (Fsp3) is 0.600. The lowest BCUT2D eigenvalue weighted by atomic mass is 9.86. The molecule has 1 amide bonds. The summed E-state index contributed by atoms with van der Waals surface area (Å²) in [6.07, 6.45) is 4.58. The first-order chi connectivity index (χ1) is 12.6. The van der Waals surface area contributed by atoms with Gasteiger partial charge in [-0.15, -0.1) is 0 Å². The van der Waals surface area contributed by atoms with E-state index in [1.807, 2.05) is 19.1 Å². The van der Waals surface area contributed by atoms with Crippen molar-refractivity contribution in [2.24, 2.45) is 5.92 Å². The molecular formula is C20H29NO5. The minimum atomic E-state index is -0.442. The molecule has 0 bridgehead atoms. The second-order valence-corrected chi connectivity index (χ2v) is 6.60. The Bertz CT molecular complexity index is 572. The van der Waals surface area contributed by atoms with E-state index in [4.69, 9.17) is 14.2 Å². The first-order valence-corrected chi connectivity index (χ1v) is 9.39. The molecule has 1 aliphatic rings. The van der Waals surface area contributed by atoms with Gasteiger partial charge >= 0.3 is 5.97 Å². The van der Waals surface area contributed by atoms with Crippen LogP contribution >= 0.6 is 0 Å². The standard InChI is InChI=1S/C20H29NO5/c1-3-24-16-8-10-17(11-9-16)25-13-12-20(23)26-14-19(22)21-18-7-5-4-6-15(18)2/h8-11,15,18H,3-7,12-14H2,1-2H3,(H,21,22)/t15-,18+/m1/s1. The Labute approximate surface area is 155 Å². The van der Waals surface area contributed by atoms with Crippen molar-refractivity contribution in [3.8, 4) is 11.5 Å². The molecule has 1 aromatic carbocycles. The van der Waals surface area contributed by atoms with E-state index >= 15 is 0 Å². The van der Waals surface area contributed by atoms with E-state index in [1.165, 1.54) is 6.42 Å². The number of rotatable bonds is 9. The van der Waals surface area contributed by atoms with E-state index in [0.29, 0.717) is 18.3 Å². The highest BCUT2D eigenvalue weighted by Crippen LogP contribution is 2.23. The lowest BCUT2D eigenvalue weighted by Crippen LogP contribution is -2.42. The quantitative estimate of drug-likeness (QED) is 0.683.